The molecule has 8 heteroatoms. The summed E-state index contributed by atoms with van der Waals surface area (Å²) < 4.78 is 39.2. The van der Waals surface area contributed by atoms with Crippen LogP contribution in [0.3, 0.4) is 0 Å². The Labute approximate surface area is 191 Å². The number of alkyl halides is 3. The lowest BCUT2D eigenvalue weighted by atomic mass is 10.1. The third-order valence-corrected chi connectivity index (χ3v) is 6.25. The number of hydrogen-bond donors (Lipinski definition) is 0. The standard InChI is InChI=1S/C25H26F3N3O2/c1-3-17(2)15-29-10-12-30(13-11-29)21-9-5-8-20-22(21)24(33)31(23(20)32)16-18-6-4-7-19(14-18)25(26,27)28/h3-9,14H,10-13,15-16H2,1-2H3/b17-3+. The van der Waals surface area contributed by atoms with Gasteiger partial charge in [-0.3, -0.25) is 19.4 Å². The number of nitrogens with zero attached hydrogens (tertiary/aromatic N) is 3. The minimum atomic E-state index is -4.49. The lowest BCUT2D eigenvalue weighted by molar-refractivity contribution is -0.137. The van der Waals surface area contributed by atoms with Crippen molar-refractivity contribution in [3.63, 3.8) is 0 Å². The Hall–Kier alpha value is -3.13. The van der Waals surface area contributed by atoms with Crippen LogP contribution in [0.4, 0.5) is 18.9 Å². The van der Waals surface area contributed by atoms with Gasteiger partial charge in [0.25, 0.3) is 11.8 Å². The van der Waals surface area contributed by atoms with E-state index in [0.29, 0.717) is 16.8 Å². The summed E-state index contributed by atoms with van der Waals surface area (Å²) in [7, 11) is 0. The highest BCUT2D eigenvalue weighted by Gasteiger charge is 2.39. The van der Waals surface area contributed by atoms with E-state index in [1.165, 1.54) is 17.7 Å². The Morgan fingerprint density at radius 3 is 2.36 bits per heavy atom. The molecule has 1 fully saturated rings. The molecule has 2 aliphatic heterocycles. The molecule has 0 bridgehead atoms. The maximum atomic E-state index is 13.2. The number of piperazine rings is 1. The molecule has 2 heterocycles. The number of carbonyl (C=O) groups excluding carboxylic acids is 2. The van der Waals surface area contributed by atoms with Gasteiger partial charge in [0.15, 0.2) is 0 Å². The highest BCUT2D eigenvalue weighted by atomic mass is 19.4. The van der Waals surface area contributed by atoms with Gasteiger partial charge in [-0.2, -0.15) is 13.2 Å². The lowest BCUT2D eigenvalue weighted by Crippen LogP contribution is -2.47. The van der Waals surface area contributed by atoms with E-state index in [-0.39, 0.29) is 12.1 Å². The first kappa shape index (κ1) is 23.0. The molecule has 0 radical (unpaired) electrons. The fourth-order valence-electron chi connectivity index (χ4n) is 4.34. The predicted molar refractivity (Wildman–Crippen MR) is 120 cm³/mol. The highest BCUT2D eigenvalue weighted by Crippen LogP contribution is 2.34. The number of halogens is 3. The first-order valence-electron chi connectivity index (χ1n) is 10.9. The summed E-state index contributed by atoms with van der Waals surface area (Å²) in [6.45, 7) is 7.94. The maximum absolute atomic E-state index is 13.2. The Morgan fingerprint density at radius 2 is 1.70 bits per heavy atom. The molecule has 1 saturated heterocycles. The van der Waals surface area contributed by atoms with Crippen molar-refractivity contribution in [2.75, 3.05) is 37.6 Å². The van der Waals surface area contributed by atoms with Crippen molar-refractivity contribution in [1.29, 1.82) is 0 Å². The van der Waals surface area contributed by atoms with Crippen LogP contribution in [-0.2, 0) is 12.7 Å². The third-order valence-electron chi connectivity index (χ3n) is 6.25. The number of allylic oxidation sites excluding steroid dienone is 1. The van der Waals surface area contributed by atoms with Gasteiger partial charge < -0.3 is 4.90 Å². The Kier molecular flexibility index (Phi) is 6.30. The average molecular weight is 457 g/mol. The second-order valence-electron chi connectivity index (χ2n) is 8.49. The number of benzene rings is 2. The first-order valence-corrected chi connectivity index (χ1v) is 10.9. The fraction of sp³-hybridized carbons (Fsp3) is 0.360. The van der Waals surface area contributed by atoms with Crippen LogP contribution in [0, 0.1) is 0 Å². The molecule has 0 saturated carbocycles. The van der Waals surface area contributed by atoms with Crippen molar-refractivity contribution >= 4 is 17.5 Å². The fourth-order valence-corrected chi connectivity index (χ4v) is 4.34. The van der Waals surface area contributed by atoms with Crippen LogP contribution in [0.15, 0.2) is 54.1 Å². The van der Waals surface area contributed by atoms with Gasteiger partial charge in [0.05, 0.1) is 28.9 Å². The molecule has 2 aromatic rings. The summed E-state index contributed by atoms with van der Waals surface area (Å²) in [5.41, 5.74) is 2.11. The monoisotopic (exact) mass is 457 g/mol. The second kappa shape index (κ2) is 9.02. The van der Waals surface area contributed by atoms with Crippen molar-refractivity contribution in [3.05, 3.63) is 76.4 Å². The van der Waals surface area contributed by atoms with Crippen molar-refractivity contribution in [3.8, 4) is 0 Å². The molecule has 174 valence electrons. The minimum absolute atomic E-state index is 0.202. The van der Waals surface area contributed by atoms with Gasteiger partial charge in [-0.25, -0.2) is 0 Å². The molecule has 2 aliphatic rings. The van der Waals surface area contributed by atoms with E-state index in [9.17, 15) is 22.8 Å². The summed E-state index contributed by atoms with van der Waals surface area (Å²) in [5.74, 6) is -0.938. The number of hydrogen-bond acceptors (Lipinski definition) is 4. The molecular weight excluding hydrogens is 431 g/mol. The lowest BCUT2D eigenvalue weighted by Gasteiger charge is -2.36. The van der Waals surface area contributed by atoms with Crippen LogP contribution in [-0.4, -0.2) is 54.3 Å². The van der Waals surface area contributed by atoms with Crippen molar-refractivity contribution < 1.29 is 22.8 Å². The van der Waals surface area contributed by atoms with Gasteiger partial charge in [0.1, 0.15) is 0 Å². The largest absolute Gasteiger partial charge is 0.416 e. The SMILES string of the molecule is C/C=C(\C)CN1CCN(c2cccc3c2C(=O)N(Cc2cccc(C(F)(F)F)c2)C3=O)CC1. The van der Waals surface area contributed by atoms with E-state index in [2.05, 4.69) is 22.8 Å². The van der Waals surface area contributed by atoms with E-state index in [0.717, 1.165) is 49.8 Å². The zero-order valence-corrected chi connectivity index (χ0v) is 18.7. The van der Waals surface area contributed by atoms with Crippen molar-refractivity contribution in [1.82, 2.24) is 9.80 Å². The zero-order chi connectivity index (χ0) is 23.8. The number of carbonyl (C=O) groups is 2. The van der Waals surface area contributed by atoms with E-state index < -0.39 is 23.6 Å². The van der Waals surface area contributed by atoms with Gasteiger partial charge in [0.2, 0.25) is 0 Å². The van der Waals surface area contributed by atoms with Crippen LogP contribution < -0.4 is 4.90 Å². The summed E-state index contributed by atoms with van der Waals surface area (Å²) in [6, 6.07) is 9.94. The van der Waals surface area contributed by atoms with Crippen LogP contribution in [0.2, 0.25) is 0 Å². The number of amides is 2. The number of imide groups is 1. The molecule has 5 nitrogen and oxygen atoms in total. The van der Waals surface area contributed by atoms with Gasteiger partial charge in [-0.05, 0) is 43.7 Å². The Balaban J connectivity index is 1.54. The van der Waals surface area contributed by atoms with Gasteiger partial charge in [0, 0.05) is 32.7 Å². The molecule has 0 N–H and O–H groups in total. The normalized spacial score (nSPS) is 17.7. The number of anilines is 1. The summed E-state index contributed by atoms with van der Waals surface area (Å²) in [6.07, 6.45) is -2.39. The molecule has 0 aliphatic carbocycles. The molecular formula is C25H26F3N3O2. The van der Waals surface area contributed by atoms with Crippen LogP contribution in [0.5, 0.6) is 0 Å². The third kappa shape index (κ3) is 4.66. The molecule has 0 atom stereocenters. The molecule has 0 aromatic heterocycles. The summed E-state index contributed by atoms with van der Waals surface area (Å²) in [4.78, 5) is 31.7. The topological polar surface area (TPSA) is 43.9 Å². The predicted octanol–water partition coefficient (Wildman–Crippen LogP) is 4.59. The Bertz CT molecular complexity index is 1100. The van der Waals surface area contributed by atoms with E-state index in [1.54, 1.807) is 12.1 Å². The van der Waals surface area contributed by atoms with Crippen LogP contribution in [0.25, 0.3) is 0 Å². The summed E-state index contributed by atoms with van der Waals surface area (Å²) >= 11 is 0. The molecule has 33 heavy (non-hydrogen) atoms. The number of fused-ring (bicyclic) bond motifs is 1. The van der Waals surface area contributed by atoms with Gasteiger partial charge in [-0.15, -0.1) is 0 Å². The van der Waals surface area contributed by atoms with E-state index in [1.807, 2.05) is 13.0 Å². The minimum Gasteiger partial charge on any atom is -0.368 e. The first-order chi connectivity index (χ1) is 15.7. The van der Waals surface area contributed by atoms with Gasteiger partial charge in [-0.1, -0.05) is 29.8 Å². The zero-order valence-electron chi connectivity index (χ0n) is 18.7. The quantitative estimate of drug-likeness (QED) is 0.487. The van der Waals surface area contributed by atoms with Crippen LogP contribution >= 0.6 is 0 Å². The van der Waals surface area contributed by atoms with Crippen LogP contribution in [0.1, 0.15) is 45.7 Å². The molecule has 4 rings (SSSR count). The molecule has 0 unspecified atom stereocenters. The van der Waals surface area contributed by atoms with Crippen molar-refractivity contribution in [2.24, 2.45) is 0 Å². The Morgan fingerprint density at radius 1 is 1.00 bits per heavy atom. The van der Waals surface area contributed by atoms with Gasteiger partial charge >= 0.3 is 6.18 Å². The van der Waals surface area contributed by atoms with E-state index >= 15 is 0 Å². The van der Waals surface area contributed by atoms with Crippen molar-refractivity contribution in [2.45, 2.75) is 26.6 Å². The van der Waals surface area contributed by atoms with E-state index in [4.69, 9.17) is 0 Å². The highest BCUT2D eigenvalue weighted by molar-refractivity contribution is 6.23. The maximum Gasteiger partial charge on any atom is 0.416 e. The molecule has 0 spiro atoms. The second-order valence-corrected chi connectivity index (χ2v) is 8.49. The summed E-state index contributed by atoms with van der Waals surface area (Å²) in [5, 5.41) is 0. The smallest absolute Gasteiger partial charge is 0.368 e. The molecule has 2 amide bonds. The average Bonchev–Trinajstić information content (AvgIpc) is 3.04. The number of rotatable bonds is 5. The molecule has 2 aromatic carbocycles.